The first-order valence-electron chi connectivity index (χ1n) is 7.48. The van der Waals surface area contributed by atoms with Gasteiger partial charge in [-0.05, 0) is 30.4 Å². The van der Waals surface area contributed by atoms with Crippen molar-refractivity contribution < 1.29 is 19.1 Å². The zero-order chi connectivity index (χ0) is 16.1. The largest absolute Gasteiger partial charge is 0.462 e. The maximum atomic E-state index is 12.3. The van der Waals surface area contributed by atoms with Gasteiger partial charge in [-0.3, -0.25) is 4.79 Å². The zero-order valence-electron chi connectivity index (χ0n) is 13.1. The Kier molecular flexibility index (Phi) is 5.15. The predicted molar refractivity (Wildman–Crippen MR) is 85.2 cm³/mol. The number of benzene rings is 2. The SMILES string of the molecule is CCCc1c(C(=O)OCC)cc(OC(C)=O)c2ccccc12. The summed E-state index contributed by atoms with van der Waals surface area (Å²) in [6.45, 7) is 5.48. The van der Waals surface area contributed by atoms with E-state index in [1.165, 1.54) is 6.92 Å². The van der Waals surface area contributed by atoms with Gasteiger partial charge in [0.1, 0.15) is 5.75 Å². The highest BCUT2D eigenvalue weighted by atomic mass is 16.5. The molecule has 2 rings (SSSR count). The van der Waals surface area contributed by atoms with Crippen LogP contribution in [0.15, 0.2) is 30.3 Å². The minimum Gasteiger partial charge on any atom is -0.462 e. The minimum absolute atomic E-state index is 0.306. The molecule has 2 aromatic carbocycles. The maximum Gasteiger partial charge on any atom is 0.338 e. The molecular formula is C18H20O4. The molecule has 4 nitrogen and oxygen atoms in total. The summed E-state index contributed by atoms with van der Waals surface area (Å²) in [7, 11) is 0. The number of rotatable bonds is 5. The highest BCUT2D eigenvalue weighted by Gasteiger charge is 2.19. The Morgan fingerprint density at radius 1 is 1.09 bits per heavy atom. The van der Waals surface area contributed by atoms with Crippen molar-refractivity contribution in [2.75, 3.05) is 6.61 Å². The van der Waals surface area contributed by atoms with E-state index in [0.717, 1.165) is 29.2 Å². The van der Waals surface area contributed by atoms with Crippen molar-refractivity contribution in [3.8, 4) is 5.75 Å². The molecule has 0 radical (unpaired) electrons. The Hall–Kier alpha value is -2.36. The molecule has 0 aliphatic heterocycles. The van der Waals surface area contributed by atoms with E-state index in [0.29, 0.717) is 17.9 Å². The summed E-state index contributed by atoms with van der Waals surface area (Å²) < 4.78 is 10.4. The molecule has 0 fully saturated rings. The lowest BCUT2D eigenvalue weighted by molar-refractivity contribution is -0.131. The van der Waals surface area contributed by atoms with Gasteiger partial charge < -0.3 is 9.47 Å². The first-order chi connectivity index (χ1) is 10.6. The number of fused-ring (bicyclic) bond motifs is 1. The van der Waals surface area contributed by atoms with Crippen LogP contribution in [0.4, 0.5) is 0 Å². The van der Waals surface area contributed by atoms with Crippen LogP contribution < -0.4 is 4.74 Å². The van der Waals surface area contributed by atoms with Crippen LogP contribution in [0.25, 0.3) is 10.8 Å². The lowest BCUT2D eigenvalue weighted by Gasteiger charge is -2.15. The fourth-order valence-corrected chi connectivity index (χ4v) is 2.55. The van der Waals surface area contributed by atoms with Crippen LogP contribution >= 0.6 is 0 Å². The second kappa shape index (κ2) is 7.07. The van der Waals surface area contributed by atoms with Crippen molar-refractivity contribution in [1.82, 2.24) is 0 Å². The van der Waals surface area contributed by atoms with Gasteiger partial charge in [0.25, 0.3) is 0 Å². The molecule has 116 valence electrons. The van der Waals surface area contributed by atoms with Crippen LogP contribution in [0.2, 0.25) is 0 Å². The summed E-state index contributed by atoms with van der Waals surface area (Å²) in [6, 6.07) is 9.24. The molecule has 2 aromatic rings. The monoisotopic (exact) mass is 300 g/mol. The van der Waals surface area contributed by atoms with Gasteiger partial charge in [-0.25, -0.2) is 4.79 Å². The highest BCUT2D eigenvalue weighted by molar-refractivity contribution is 6.02. The van der Waals surface area contributed by atoms with Crippen LogP contribution in [0.1, 0.15) is 43.1 Å². The van der Waals surface area contributed by atoms with Gasteiger partial charge in [0.2, 0.25) is 0 Å². The third kappa shape index (κ3) is 3.27. The van der Waals surface area contributed by atoms with E-state index < -0.39 is 5.97 Å². The first-order valence-corrected chi connectivity index (χ1v) is 7.48. The fourth-order valence-electron chi connectivity index (χ4n) is 2.55. The van der Waals surface area contributed by atoms with Crippen LogP contribution in [0.3, 0.4) is 0 Å². The average Bonchev–Trinajstić information content (AvgIpc) is 2.49. The number of carbonyl (C=O) groups is 2. The number of hydrogen-bond donors (Lipinski definition) is 0. The average molecular weight is 300 g/mol. The van der Waals surface area contributed by atoms with E-state index in [1.807, 2.05) is 24.3 Å². The van der Waals surface area contributed by atoms with Gasteiger partial charge in [0.05, 0.1) is 12.2 Å². The number of carbonyl (C=O) groups excluding carboxylic acids is 2. The van der Waals surface area contributed by atoms with Crippen molar-refractivity contribution in [1.29, 1.82) is 0 Å². The van der Waals surface area contributed by atoms with Crippen molar-refractivity contribution in [3.05, 3.63) is 41.5 Å². The van der Waals surface area contributed by atoms with E-state index >= 15 is 0 Å². The third-order valence-electron chi connectivity index (χ3n) is 3.37. The summed E-state index contributed by atoms with van der Waals surface area (Å²) in [5.41, 5.74) is 1.41. The second-order valence-corrected chi connectivity index (χ2v) is 5.01. The number of ether oxygens (including phenoxy) is 2. The lowest BCUT2D eigenvalue weighted by atomic mass is 9.95. The van der Waals surface area contributed by atoms with Gasteiger partial charge >= 0.3 is 11.9 Å². The van der Waals surface area contributed by atoms with Crippen LogP contribution in [-0.2, 0) is 16.0 Å². The molecule has 0 heterocycles. The van der Waals surface area contributed by atoms with Crippen molar-refractivity contribution in [3.63, 3.8) is 0 Å². The molecular weight excluding hydrogens is 280 g/mol. The van der Waals surface area contributed by atoms with Crippen LogP contribution in [0, 0.1) is 0 Å². The number of esters is 2. The maximum absolute atomic E-state index is 12.3. The molecule has 0 N–H and O–H groups in total. The number of aryl methyl sites for hydroxylation is 1. The summed E-state index contributed by atoms with van der Waals surface area (Å²) in [5, 5.41) is 1.75. The summed E-state index contributed by atoms with van der Waals surface area (Å²) >= 11 is 0. The standard InChI is InChI=1S/C18H20O4/c1-4-8-13-14-9-6-7-10-15(14)17(22-12(3)19)11-16(13)18(20)21-5-2/h6-7,9-11H,4-5,8H2,1-3H3. The topological polar surface area (TPSA) is 52.6 Å². The Bertz CT molecular complexity index is 704. The molecule has 0 amide bonds. The van der Waals surface area contributed by atoms with Crippen LogP contribution in [-0.4, -0.2) is 18.5 Å². The van der Waals surface area contributed by atoms with Gasteiger partial charge in [-0.15, -0.1) is 0 Å². The van der Waals surface area contributed by atoms with Crippen molar-refractivity contribution in [2.45, 2.75) is 33.6 Å². The lowest BCUT2D eigenvalue weighted by Crippen LogP contribution is -2.11. The van der Waals surface area contributed by atoms with Crippen LogP contribution in [0.5, 0.6) is 5.75 Å². The molecule has 0 aromatic heterocycles. The van der Waals surface area contributed by atoms with Gasteiger partial charge in [0.15, 0.2) is 0 Å². The minimum atomic E-state index is -0.414. The summed E-state index contributed by atoms with van der Waals surface area (Å²) in [4.78, 5) is 23.6. The molecule has 22 heavy (non-hydrogen) atoms. The third-order valence-corrected chi connectivity index (χ3v) is 3.37. The molecule has 0 unspecified atom stereocenters. The quantitative estimate of drug-likeness (QED) is 0.621. The van der Waals surface area contributed by atoms with E-state index in [4.69, 9.17) is 9.47 Å². The number of hydrogen-bond acceptors (Lipinski definition) is 4. The zero-order valence-corrected chi connectivity index (χ0v) is 13.1. The Labute approximate surface area is 130 Å². The molecule has 0 atom stereocenters. The van der Waals surface area contributed by atoms with Crippen molar-refractivity contribution in [2.24, 2.45) is 0 Å². The predicted octanol–water partition coefficient (Wildman–Crippen LogP) is 3.89. The Morgan fingerprint density at radius 3 is 2.36 bits per heavy atom. The second-order valence-electron chi connectivity index (χ2n) is 5.01. The molecule has 4 heteroatoms. The molecule has 0 spiro atoms. The Balaban J connectivity index is 2.72. The summed E-state index contributed by atoms with van der Waals surface area (Å²) in [6.07, 6.45) is 1.67. The smallest absolute Gasteiger partial charge is 0.338 e. The molecule has 0 bridgehead atoms. The first kappa shape index (κ1) is 16.0. The normalized spacial score (nSPS) is 10.5. The van der Waals surface area contributed by atoms with Gasteiger partial charge in [-0.1, -0.05) is 37.6 Å². The van der Waals surface area contributed by atoms with Gasteiger partial charge in [0, 0.05) is 12.3 Å². The van der Waals surface area contributed by atoms with E-state index in [1.54, 1.807) is 13.0 Å². The highest BCUT2D eigenvalue weighted by Crippen LogP contribution is 2.33. The fraction of sp³-hybridized carbons (Fsp3) is 0.333. The molecule has 0 aliphatic rings. The van der Waals surface area contributed by atoms with Gasteiger partial charge in [-0.2, -0.15) is 0 Å². The molecule has 0 saturated heterocycles. The van der Waals surface area contributed by atoms with E-state index in [2.05, 4.69) is 6.92 Å². The van der Waals surface area contributed by atoms with Crippen molar-refractivity contribution >= 4 is 22.7 Å². The molecule has 0 aliphatic carbocycles. The summed E-state index contributed by atoms with van der Waals surface area (Å²) in [5.74, 6) is -0.403. The van der Waals surface area contributed by atoms with E-state index in [9.17, 15) is 9.59 Å². The molecule has 0 saturated carbocycles. The Morgan fingerprint density at radius 2 is 1.77 bits per heavy atom. The van der Waals surface area contributed by atoms with E-state index in [-0.39, 0.29) is 5.97 Å².